The highest BCUT2D eigenvalue weighted by Gasteiger charge is 2.38. The number of imidazole rings is 1. The Bertz CT molecular complexity index is 1750. The van der Waals surface area contributed by atoms with E-state index in [1.54, 1.807) is 11.3 Å². The Hall–Kier alpha value is -4.80. The molecule has 0 unspecified atom stereocenters. The Labute approximate surface area is 243 Å². The van der Waals surface area contributed by atoms with Crippen molar-refractivity contribution in [1.82, 2.24) is 20.3 Å². The first-order valence-corrected chi connectivity index (χ1v) is 13.7. The highest BCUT2D eigenvalue weighted by atomic mass is 32.1. The molecule has 6 rings (SSSR count). The van der Waals surface area contributed by atoms with Crippen molar-refractivity contribution in [3.8, 4) is 33.1 Å². The second-order valence-corrected chi connectivity index (χ2v) is 10.4. The maximum absolute atomic E-state index is 10.6. The number of carboxylic acids is 1. The molecule has 0 saturated heterocycles. The Morgan fingerprint density at radius 2 is 1.57 bits per heavy atom. The van der Waals surface area contributed by atoms with Crippen molar-refractivity contribution in [3.63, 3.8) is 0 Å². The summed E-state index contributed by atoms with van der Waals surface area (Å²) in [4.78, 5) is 24.0. The summed E-state index contributed by atoms with van der Waals surface area (Å²) in [6.07, 6.45) is -3.24. The lowest BCUT2D eigenvalue weighted by Gasteiger charge is -2.07. The summed E-state index contributed by atoms with van der Waals surface area (Å²) in [7, 11) is 0. The van der Waals surface area contributed by atoms with E-state index in [0.717, 1.165) is 41.2 Å². The minimum Gasteiger partial charge on any atom is -0.475 e. The Kier molecular flexibility index (Phi) is 8.75. The fraction of sp³-hybridized carbons (Fsp3) is 0.0938. The van der Waals surface area contributed by atoms with Gasteiger partial charge in [0, 0.05) is 29.7 Å². The van der Waals surface area contributed by atoms with E-state index in [4.69, 9.17) is 14.9 Å². The number of thiophene rings is 1. The number of benzene rings is 3. The second-order valence-electron chi connectivity index (χ2n) is 9.27. The summed E-state index contributed by atoms with van der Waals surface area (Å²) >= 11 is 1.79. The molecule has 0 aliphatic heterocycles. The van der Waals surface area contributed by atoms with Gasteiger partial charge in [0.25, 0.3) is 0 Å². The SMILES string of the molecule is O=C(O)C(F)(F)F.c1ccc(-c2ccc(CNCc3ccc(-c4cccc(-c5nc6ccccc6[nH]5)c4)cc3)s2)nc1. The number of carbonyl (C=O) groups is 1. The number of H-pyrrole nitrogens is 1. The molecule has 0 atom stereocenters. The summed E-state index contributed by atoms with van der Waals surface area (Å²) in [5.41, 5.74) is 7.81. The van der Waals surface area contributed by atoms with Gasteiger partial charge in [-0.1, -0.05) is 60.7 Å². The van der Waals surface area contributed by atoms with E-state index < -0.39 is 12.1 Å². The van der Waals surface area contributed by atoms with Crippen molar-refractivity contribution in [2.45, 2.75) is 19.3 Å². The van der Waals surface area contributed by atoms with Gasteiger partial charge in [0.05, 0.1) is 21.6 Å². The van der Waals surface area contributed by atoms with Gasteiger partial charge >= 0.3 is 12.1 Å². The van der Waals surface area contributed by atoms with E-state index in [-0.39, 0.29) is 0 Å². The van der Waals surface area contributed by atoms with Gasteiger partial charge in [-0.25, -0.2) is 9.78 Å². The van der Waals surface area contributed by atoms with Crippen LogP contribution in [0.15, 0.2) is 109 Å². The van der Waals surface area contributed by atoms with Crippen LogP contribution in [0.25, 0.3) is 44.1 Å². The van der Waals surface area contributed by atoms with Crippen LogP contribution in [-0.4, -0.2) is 32.2 Å². The Morgan fingerprint density at radius 3 is 2.29 bits per heavy atom. The fourth-order valence-electron chi connectivity index (χ4n) is 4.20. The number of nitrogens with zero attached hydrogens (tertiary/aromatic N) is 2. The number of aromatic nitrogens is 3. The van der Waals surface area contributed by atoms with Crippen LogP contribution in [0, 0.1) is 0 Å². The molecule has 3 aromatic carbocycles. The number of hydrogen-bond acceptors (Lipinski definition) is 5. The van der Waals surface area contributed by atoms with Gasteiger partial charge in [-0.2, -0.15) is 13.2 Å². The van der Waals surface area contributed by atoms with Gasteiger partial charge in [0.15, 0.2) is 0 Å². The number of carboxylic acid groups (broad SMARTS) is 1. The lowest BCUT2D eigenvalue weighted by Crippen LogP contribution is -2.21. The minimum atomic E-state index is -5.08. The predicted octanol–water partition coefficient (Wildman–Crippen LogP) is 7.94. The third-order valence-electron chi connectivity index (χ3n) is 6.26. The number of fused-ring (bicyclic) bond motifs is 1. The molecule has 0 aliphatic carbocycles. The first-order chi connectivity index (χ1) is 20.3. The Morgan fingerprint density at radius 1 is 0.833 bits per heavy atom. The number of nitrogens with one attached hydrogen (secondary N) is 2. The first kappa shape index (κ1) is 28.7. The number of para-hydroxylation sites is 2. The van der Waals surface area contributed by atoms with Crippen molar-refractivity contribution >= 4 is 28.3 Å². The molecule has 42 heavy (non-hydrogen) atoms. The zero-order valence-electron chi connectivity index (χ0n) is 22.1. The fourth-order valence-corrected chi connectivity index (χ4v) is 5.15. The van der Waals surface area contributed by atoms with Crippen molar-refractivity contribution in [1.29, 1.82) is 0 Å². The standard InChI is InChI=1S/C30H24N4S.C2HF3O2/c1-2-9-27-26(8-1)33-30(34-27)24-7-5-6-23(18-24)22-13-11-21(12-14-22)19-31-20-25-15-16-29(35-25)28-10-3-4-17-32-28;3-2(4,5)1(6)7/h1-18,31H,19-20H2,(H,33,34);(H,6,7). The Balaban J connectivity index is 0.000000451. The molecular formula is C32H25F3N4O2S. The third-order valence-corrected chi connectivity index (χ3v) is 7.37. The highest BCUT2D eigenvalue weighted by Crippen LogP contribution is 2.28. The maximum Gasteiger partial charge on any atom is 0.490 e. The summed E-state index contributed by atoms with van der Waals surface area (Å²) in [6, 6.07) is 35.8. The average molecular weight is 587 g/mol. The zero-order chi connectivity index (χ0) is 29.5. The molecule has 3 aromatic heterocycles. The largest absolute Gasteiger partial charge is 0.490 e. The van der Waals surface area contributed by atoms with Crippen LogP contribution in [0.1, 0.15) is 10.4 Å². The normalized spacial score (nSPS) is 11.2. The quantitative estimate of drug-likeness (QED) is 0.177. The number of halogens is 3. The van der Waals surface area contributed by atoms with Crippen LogP contribution in [-0.2, 0) is 17.9 Å². The summed E-state index contributed by atoms with van der Waals surface area (Å²) in [5, 5.41) is 10.7. The molecule has 6 aromatic rings. The first-order valence-electron chi connectivity index (χ1n) is 12.9. The van der Waals surface area contributed by atoms with Gasteiger partial charge in [0.2, 0.25) is 0 Å². The number of aliphatic carboxylic acids is 1. The predicted molar refractivity (Wildman–Crippen MR) is 159 cm³/mol. The van der Waals surface area contributed by atoms with Crippen molar-refractivity contribution < 1.29 is 23.1 Å². The molecule has 0 aliphatic rings. The van der Waals surface area contributed by atoms with Crippen molar-refractivity contribution in [3.05, 3.63) is 120 Å². The van der Waals surface area contributed by atoms with Crippen LogP contribution in [0.5, 0.6) is 0 Å². The number of aromatic amines is 1. The monoisotopic (exact) mass is 586 g/mol. The average Bonchev–Trinajstić information content (AvgIpc) is 3.66. The maximum atomic E-state index is 10.6. The zero-order valence-corrected chi connectivity index (χ0v) is 22.9. The van der Waals surface area contributed by atoms with Gasteiger partial charge in [-0.05, 0) is 59.2 Å². The van der Waals surface area contributed by atoms with Gasteiger partial charge in [0.1, 0.15) is 5.82 Å². The van der Waals surface area contributed by atoms with Gasteiger partial charge < -0.3 is 15.4 Å². The van der Waals surface area contributed by atoms with E-state index in [2.05, 4.69) is 88.1 Å². The molecule has 6 nitrogen and oxygen atoms in total. The smallest absolute Gasteiger partial charge is 0.475 e. The van der Waals surface area contributed by atoms with E-state index in [0.29, 0.717) is 0 Å². The van der Waals surface area contributed by atoms with Gasteiger partial charge in [-0.3, -0.25) is 4.98 Å². The number of alkyl halides is 3. The molecule has 0 radical (unpaired) electrons. The molecule has 0 saturated carbocycles. The molecule has 10 heteroatoms. The van der Waals surface area contributed by atoms with E-state index in [1.807, 2.05) is 36.5 Å². The van der Waals surface area contributed by atoms with Crippen LogP contribution >= 0.6 is 11.3 Å². The summed E-state index contributed by atoms with van der Waals surface area (Å²) in [6.45, 7) is 1.68. The van der Waals surface area contributed by atoms with Crippen LogP contribution in [0.4, 0.5) is 13.2 Å². The number of pyridine rings is 1. The van der Waals surface area contributed by atoms with Crippen LogP contribution < -0.4 is 5.32 Å². The second kappa shape index (κ2) is 12.8. The molecule has 0 amide bonds. The molecule has 3 N–H and O–H groups in total. The minimum absolute atomic E-state index is 0.829. The molecular weight excluding hydrogens is 561 g/mol. The van der Waals surface area contributed by atoms with E-state index in [9.17, 15) is 13.2 Å². The highest BCUT2D eigenvalue weighted by molar-refractivity contribution is 7.15. The molecule has 0 fully saturated rings. The number of rotatable bonds is 7. The summed E-state index contributed by atoms with van der Waals surface area (Å²) in [5.74, 6) is -1.86. The van der Waals surface area contributed by atoms with Crippen molar-refractivity contribution in [2.75, 3.05) is 0 Å². The molecule has 212 valence electrons. The number of hydrogen-bond donors (Lipinski definition) is 3. The van der Waals surface area contributed by atoms with Gasteiger partial charge in [-0.15, -0.1) is 11.3 Å². The van der Waals surface area contributed by atoms with Crippen LogP contribution in [0.2, 0.25) is 0 Å². The van der Waals surface area contributed by atoms with E-state index in [1.165, 1.54) is 26.4 Å². The molecule has 3 heterocycles. The topological polar surface area (TPSA) is 90.9 Å². The molecule has 0 spiro atoms. The van der Waals surface area contributed by atoms with Crippen molar-refractivity contribution in [2.24, 2.45) is 0 Å². The summed E-state index contributed by atoms with van der Waals surface area (Å²) < 4.78 is 31.7. The molecule has 0 bridgehead atoms. The third kappa shape index (κ3) is 7.28. The van der Waals surface area contributed by atoms with Crippen LogP contribution in [0.3, 0.4) is 0 Å². The lowest BCUT2D eigenvalue weighted by molar-refractivity contribution is -0.192. The lowest BCUT2D eigenvalue weighted by atomic mass is 10.0. The van der Waals surface area contributed by atoms with E-state index >= 15 is 0 Å².